The van der Waals surface area contributed by atoms with Crippen LogP contribution in [-0.4, -0.2) is 30.1 Å². The van der Waals surface area contributed by atoms with Crippen LogP contribution in [0.5, 0.6) is 0 Å². The summed E-state index contributed by atoms with van der Waals surface area (Å²) in [6, 6.07) is 17.6. The zero-order chi connectivity index (χ0) is 19.3. The van der Waals surface area contributed by atoms with Crippen LogP contribution in [0.2, 0.25) is 0 Å². The molecule has 4 nitrogen and oxygen atoms in total. The van der Waals surface area contributed by atoms with E-state index < -0.39 is 0 Å². The minimum atomic E-state index is -0.277. The van der Waals surface area contributed by atoms with Crippen molar-refractivity contribution in [1.29, 1.82) is 0 Å². The molecule has 2 heterocycles. The number of amides is 1. The molecule has 4 rings (SSSR count). The highest BCUT2D eigenvalue weighted by atomic mass is 19.1. The van der Waals surface area contributed by atoms with Gasteiger partial charge in [0.05, 0.1) is 19.3 Å². The average molecular weight is 376 g/mol. The average Bonchev–Trinajstić information content (AvgIpc) is 3.15. The lowest BCUT2D eigenvalue weighted by Crippen LogP contribution is -2.40. The van der Waals surface area contributed by atoms with E-state index >= 15 is 0 Å². The number of aromatic nitrogens is 1. The van der Waals surface area contributed by atoms with Gasteiger partial charge in [0.25, 0.3) is 5.91 Å². The molecule has 1 aromatic heterocycles. The summed E-state index contributed by atoms with van der Waals surface area (Å²) in [5, 5.41) is 3.09. The number of nitrogens with zero attached hydrogens (tertiary/aromatic N) is 1. The Morgan fingerprint density at radius 3 is 2.57 bits per heavy atom. The van der Waals surface area contributed by atoms with E-state index in [1.165, 1.54) is 17.7 Å². The molecule has 1 saturated heterocycles. The van der Waals surface area contributed by atoms with E-state index in [0.29, 0.717) is 18.8 Å². The Hall–Kier alpha value is -3.05. The molecule has 2 aromatic carbocycles. The molecule has 0 radical (unpaired) electrons. The van der Waals surface area contributed by atoms with E-state index in [2.05, 4.69) is 10.3 Å². The van der Waals surface area contributed by atoms with Crippen LogP contribution in [0.3, 0.4) is 0 Å². The minimum Gasteiger partial charge on any atom is -0.379 e. The second-order valence-electron chi connectivity index (χ2n) is 7.02. The Labute approximate surface area is 163 Å². The second kappa shape index (κ2) is 8.31. The van der Waals surface area contributed by atoms with Gasteiger partial charge in [-0.25, -0.2) is 4.39 Å². The number of halogens is 1. The lowest BCUT2D eigenvalue weighted by Gasteiger charge is -2.19. The molecule has 2 atom stereocenters. The van der Waals surface area contributed by atoms with E-state index in [4.69, 9.17) is 4.74 Å². The van der Waals surface area contributed by atoms with Crippen molar-refractivity contribution in [2.75, 3.05) is 13.2 Å². The number of ether oxygens (including phenoxy) is 1. The van der Waals surface area contributed by atoms with Crippen molar-refractivity contribution < 1.29 is 13.9 Å². The molecule has 0 unspecified atom stereocenters. The van der Waals surface area contributed by atoms with Gasteiger partial charge in [0.1, 0.15) is 5.82 Å². The number of rotatable bonds is 5. The number of hydrogen-bond donors (Lipinski definition) is 1. The summed E-state index contributed by atoms with van der Waals surface area (Å²) in [5.41, 5.74) is 3.42. The first-order valence-electron chi connectivity index (χ1n) is 9.32. The van der Waals surface area contributed by atoms with Gasteiger partial charge in [-0.05, 0) is 59.5 Å². The van der Waals surface area contributed by atoms with Crippen LogP contribution in [0, 0.1) is 11.7 Å². The highest BCUT2D eigenvalue weighted by Crippen LogP contribution is 2.22. The Bertz CT molecular complexity index is 944. The van der Waals surface area contributed by atoms with Crippen molar-refractivity contribution in [1.82, 2.24) is 10.3 Å². The number of pyridine rings is 1. The molecule has 0 saturated carbocycles. The smallest absolute Gasteiger partial charge is 0.251 e. The Morgan fingerprint density at radius 1 is 1.04 bits per heavy atom. The maximum absolute atomic E-state index is 13.4. The van der Waals surface area contributed by atoms with Crippen LogP contribution < -0.4 is 5.32 Å². The van der Waals surface area contributed by atoms with Crippen LogP contribution >= 0.6 is 0 Å². The van der Waals surface area contributed by atoms with E-state index in [0.717, 1.165) is 17.5 Å². The predicted molar refractivity (Wildman–Crippen MR) is 105 cm³/mol. The summed E-state index contributed by atoms with van der Waals surface area (Å²) in [6.45, 7) is 1.15. The van der Waals surface area contributed by atoms with E-state index in [1.807, 2.05) is 30.3 Å². The van der Waals surface area contributed by atoms with Crippen LogP contribution in [0.15, 0.2) is 73.1 Å². The molecule has 3 aromatic rings. The van der Waals surface area contributed by atoms with E-state index in [9.17, 15) is 9.18 Å². The Kier molecular flexibility index (Phi) is 5.44. The van der Waals surface area contributed by atoms with Crippen molar-refractivity contribution in [3.63, 3.8) is 0 Å². The molecule has 1 N–H and O–H groups in total. The molecule has 28 heavy (non-hydrogen) atoms. The van der Waals surface area contributed by atoms with E-state index in [-0.39, 0.29) is 23.7 Å². The Morgan fingerprint density at radius 2 is 1.82 bits per heavy atom. The summed E-state index contributed by atoms with van der Waals surface area (Å²) >= 11 is 0. The monoisotopic (exact) mass is 376 g/mol. The minimum absolute atomic E-state index is 0.0245. The Balaban J connectivity index is 1.41. The van der Waals surface area contributed by atoms with Crippen molar-refractivity contribution in [2.45, 2.75) is 12.5 Å². The lowest BCUT2D eigenvalue weighted by atomic mass is 9.95. The topological polar surface area (TPSA) is 51.2 Å². The molecule has 5 heteroatoms. The third kappa shape index (κ3) is 4.26. The summed E-state index contributed by atoms with van der Waals surface area (Å²) in [7, 11) is 0. The molecule has 142 valence electrons. The van der Waals surface area contributed by atoms with Crippen LogP contribution in [-0.2, 0) is 11.2 Å². The number of hydrogen-bond acceptors (Lipinski definition) is 3. The summed E-state index contributed by atoms with van der Waals surface area (Å²) in [5.74, 6) is -0.167. The molecular weight excluding hydrogens is 355 g/mol. The standard InChI is InChI=1S/C23H21FN2O2/c24-21-3-1-2-19(13-21)17-4-6-18(7-5-17)23(27)26-22-15-28-14-20(22)12-16-8-10-25-11-9-16/h1-11,13,20,22H,12,14-15H2,(H,26,27)/t20-,22+/m1/s1. The first kappa shape index (κ1) is 18.3. The highest BCUT2D eigenvalue weighted by Gasteiger charge is 2.29. The van der Waals surface area contributed by atoms with Gasteiger partial charge in [0.2, 0.25) is 0 Å². The largest absolute Gasteiger partial charge is 0.379 e. The normalized spacial score (nSPS) is 18.8. The van der Waals surface area contributed by atoms with E-state index in [1.54, 1.807) is 30.6 Å². The summed E-state index contributed by atoms with van der Waals surface area (Å²) in [4.78, 5) is 16.7. The van der Waals surface area contributed by atoms with Gasteiger partial charge in [-0.15, -0.1) is 0 Å². The fourth-order valence-electron chi connectivity index (χ4n) is 3.51. The first-order chi connectivity index (χ1) is 13.7. The molecule has 1 aliphatic rings. The maximum atomic E-state index is 13.4. The zero-order valence-electron chi connectivity index (χ0n) is 15.3. The highest BCUT2D eigenvalue weighted by molar-refractivity contribution is 5.95. The number of carbonyl (C=O) groups is 1. The van der Waals surface area contributed by atoms with Crippen molar-refractivity contribution in [3.8, 4) is 11.1 Å². The molecule has 1 amide bonds. The fourth-order valence-corrected chi connectivity index (χ4v) is 3.51. The summed E-state index contributed by atoms with van der Waals surface area (Å²) in [6.07, 6.45) is 4.39. The predicted octanol–water partition coefficient (Wildman–Crippen LogP) is 3.88. The van der Waals surface area contributed by atoms with Crippen LogP contribution in [0.25, 0.3) is 11.1 Å². The maximum Gasteiger partial charge on any atom is 0.251 e. The third-order valence-corrected chi connectivity index (χ3v) is 5.07. The first-order valence-corrected chi connectivity index (χ1v) is 9.32. The van der Waals surface area contributed by atoms with Crippen LogP contribution in [0.4, 0.5) is 4.39 Å². The molecule has 0 spiro atoms. The SMILES string of the molecule is O=C(N[C@H]1COC[C@H]1Cc1ccncc1)c1ccc(-c2cccc(F)c2)cc1. The number of benzene rings is 2. The number of carbonyl (C=O) groups excluding carboxylic acids is 1. The molecule has 0 bridgehead atoms. The van der Waals surface area contributed by atoms with Crippen molar-refractivity contribution in [3.05, 3.63) is 90.0 Å². The fraction of sp³-hybridized carbons (Fsp3) is 0.217. The lowest BCUT2D eigenvalue weighted by molar-refractivity contribution is 0.0925. The van der Waals surface area contributed by atoms with Gasteiger partial charge < -0.3 is 10.1 Å². The second-order valence-corrected chi connectivity index (χ2v) is 7.02. The number of nitrogens with one attached hydrogen (secondary N) is 1. The molecular formula is C23H21FN2O2. The van der Waals surface area contributed by atoms with Gasteiger partial charge in [-0.1, -0.05) is 24.3 Å². The van der Waals surface area contributed by atoms with Gasteiger partial charge in [-0.2, -0.15) is 0 Å². The van der Waals surface area contributed by atoms with Crippen LogP contribution in [0.1, 0.15) is 15.9 Å². The van der Waals surface area contributed by atoms with Gasteiger partial charge in [0, 0.05) is 23.9 Å². The molecule has 0 aliphatic carbocycles. The van der Waals surface area contributed by atoms with Crippen molar-refractivity contribution in [2.24, 2.45) is 5.92 Å². The summed E-state index contributed by atoms with van der Waals surface area (Å²) < 4.78 is 19.0. The zero-order valence-corrected chi connectivity index (χ0v) is 15.3. The van der Waals surface area contributed by atoms with Gasteiger partial charge in [0.15, 0.2) is 0 Å². The third-order valence-electron chi connectivity index (χ3n) is 5.07. The molecule has 1 fully saturated rings. The molecule has 1 aliphatic heterocycles. The quantitative estimate of drug-likeness (QED) is 0.735. The van der Waals surface area contributed by atoms with Gasteiger partial charge in [-0.3, -0.25) is 9.78 Å². The van der Waals surface area contributed by atoms with Crippen molar-refractivity contribution >= 4 is 5.91 Å². The van der Waals surface area contributed by atoms with Gasteiger partial charge >= 0.3 is 0 Å².